The predicted octanol–water partition coefficient (Wildman–Crippen LogP) is 3.54. The lowest BCUT2D eigenvalue weighted by Crippen LogP contribution is -2.44. The van der Waals surface area contributed by atoms with Gasteiger partial charge in [-0.3, -0.25) is 9.59 Å². The first-order valence-electron chi connectivity index (χ1n) is 8.80. The van der Waals surface area contributed by atoms with Crippen LogP contribution in [0.1, 0.15) is 23.2 Å². The molecule has 1 saturated heterocycles. The van der Waals surface area contributed by atoms with E-state index in [9.17, 15) is 9.59 Å². The summed E-state index contributed by atoms with van der Waals surface area (Å²) in [5.41, 5.74) is 2.64. The largest absolute Gasteiger partial charge is 0.441 e. The zero-order chi connectivity index (χ0) is 18.8. The van der Waals surface area contributed by atoms with Crippen molar-refractivity contribution in [2.24, 2.45) is 0 Å². The van der Waals surface area contributed by atoms with Crippen LogP contribution in [0.25, 0.3) is 11.1 Å². The molecule has 0 bridgehead atoms. The van der Waals surface area contributed by atoms with E-state index in [1.165, 1.54) is 0 Å². The molecule has 4 rings (SSSR count). The van der Waals surface area contributed by atoms with Crippen LogP contribution in [-0.4, -0.2) is 39.4 Å². The second kappa shape index (κ2) is 7.44. The average molecular weight is 381 g/mol. The molecule has 0 spiro atoms. The molecule has 0 unspecified atom stereocenters. The molecule has 2 amide bonds. The minimum atomic E-state index is -0.498. The molecule has 1 N–H and O–H groups in total. The first-order valence-corrected chi connectivity index (χ1v) is 9.95. The van der Waals surface area contributed by atoms with Crippen molar-refractivity contribution in [3.63, 3.8) is 0 Å². The Labute approximate surface area is 160 Å². The number of rotatable bonds is 4. The van der Waals surface area contributed by atoms with Gasteiger partial charge in [0, 0.05) is 23.4 Å². The molecule has 27 heavy (non-hydrogen) atoms. The molecule has 0 radical (unpaired) electrons. The van der Waals surface area contributed by atoms with Gasteiger partial charge in [0.1, 0.15) is 11.6 Å². The van der Waals surface area contributed by atoms with Crippen LogP contribution >= 0.6 is 11.8 Å². The van der Waals surface area contributed by atoms with Gasteiger partial charge in [-0.2, -0.15) is 0 Å². The number of aromatic nitrogens is 1. The highest BCUT2D eigenvalue weighted by Crippen LogP contribution is 2.25. The smallest absolute Gasteiger partial charge is 0.255 e. The average Bonchev–Trinajstić information content (AvgIpc) is 3.34. The first kappa shape index (κ1) is 17.6. The minimum absolute atomic E-state index is 0.125. The molecule has 0 saturated carbocycles. The number of hydrogen-bond donors (Lipinski definition) is 1. The molecule has 3 aromatic rings. The zero-order valence-corrected chi connectivity index (χ0v) is 15.7. The third kappa shape index (κ3) is 3.55. The topological polar surface area (TPSA) is 75.4 Å². The normalized spacial score (nSPS) is 16.6. The Morgan fingerprint density at radius 3 is 2.85 bits per heavy atom. The van der Waals surface area contributed by atoms with Crippen molar-refractivity contribution < 1.29 is 14.0 Å². The Hall–Kier alpha value is -2.80. The maximum absolute atomic E-state index is 12.8. The van der Waals surface area contributed by atoms with Gasteiger partial charge in [-0.05, 0) is 30.3 Å². The highest BCUT2D eigenvalue weighted by molar-refractivity contribution is 7.99. The molecule has 2 heterocycles. The second-order valence-electron chi connectivity index (χ2n) is 6.29. The van der Waals surface area contributed by atoms with E-state index >= 15 is 0 Å². The van der Waals surface area contributed by atoms with E-state index in [-0.39, 0.29) is 11.8 Å². The number of oxazole rings is 1. The van der Waals surface area contributed by atoms with Crippen molar-refractivity contribution in [3.8, 4) is 0 Å². The van der Waals surface area contributed by atoms with Gasteiger partial charge in [0.15, 0.2) is 11.5 Å². The number of nitrogens with zero attached hydrogens (tertiary/aromatic N) is 2. The minimum Gasteiger partial charge on any atom is -0.441 e. The summed E-state index contributed by atoms with van der Waals surface area (Å²) in [6.45, 7) is 1.98. The lowest BCUT2D eigenvalue weighted by molar-refractivity contribution is -0.119. The summed E-state index contributed by atoms with van der Waals surface area (Å²) in [5.74, 6) is 1.44. The molecule has 1 aliphatic heterocycles. The third-order valence-electron chi connectivity index (χ3n) is 4.47. The molecule has 2 aromatic carbocycles. The van der Waals surface area contributed by atoms with Crippen LogP contribution < -0.4 is 5.32 Å². The molecule has 138 valence electrons. The molecule has 1 fully saturated rings. The van der Waals surface area contributed by atoms with Crippen LogP contribution in [0, 0.1) is 0 Å². The highest BCUT2D eigenvalue weighted by atomic mass is 32.2. The van der Waals surface area contributed by atoms with Gasteiger partial charge in [0.25, 0.3) is 5.91 Å². The third-order valence-corrected chi connectivity index (χ3v) is 5.48. The Kier molecular flexibility index (Phi) is 4.85. The summed E-state index contributed by atoms with van der Waals surface area (Å²) in [6, 6.07) is 13.9. The number of nitrogens with one attached hydrogen (secondary N) is 1. The highest BCUT2D eigenvalue weighted by Gasteiger charge is 2.35. The number of anilines is 1. The van der Waals surface area contributed by atoms with Gasteiger partial charge in [-0.1, -0.05) is 25.1 Å². The van der Waals surface area contributed by atoms with Gasteiger partial charge in [-0.15, -0.1) is 11.8 Å². The Morgan fingerprint density at radius 1 is 1.26 bits per heavy atom. The monoisotopic (exact) mass is 381 g/mol. The van der Waals surface area contributed by atoms with E-state index in [0.29, 0.717) is 46.3 Å². The van der Waals surface area contributed by atoms with E-state index in [2.05, 4.69) is 10.3 Å². The molecular formula is C20H19N3O3S. The van der Waals surface area contributed by atoms with Crippen LogP contribution in [0.3, 0.4) is 0 Å². The number of hydrogen-bond acceptors (Lipinski definition) is 5. The SMILES string of the molecule is CCc1nc2cc(NC(=O)[C@@H]3CSCN3C(=O)c3ccccc3)ccc2o1. The van der Waals surface area contributed by atoms with E-state index in [0.717, 1.165) is 0 Å². The molecule has 6 nitrogen and oxygen atoms in total. The van der Waals surface area contributed by atoms with Crippen molar-refractivity contribution in [2.45, 2.75) is 19.4 Å². The van der Waals surface area contributed by atoms with Crippen LogP contribution in [0.15, 0.2) is 52.9 Å². The Morgan fingerprint density at radius 2 is 2.07 bits per heavy atom. The lowest BCUT2D eigenvalue weighted by atomic mass is 10.1. The molecule has 1 aromatic heterocycles. The van der Waals surface area contributed by atoms with E-state index in [1.54, 1.807) is 47.0 Å². The van der Waals surface area contributed by atoms with Crippen molar-refractivity contribution in [1.82, 2.24) is 9.88 Å². The quantitative estimate of drug-likeness (QED) is 0.748. The lowest BCUT2D eigenvalue weighted by Gasteiger charge is -2.23. The number of benzene rings is 2. The van der Waals surface area contributed by atoms with Crippen molar-refractivity contribution >= 4 is 40.4 Å². The second-order valence-corrected chi connectivity index (χ2v) is 7.29. The molecule has 1 atom stereocenters. The number of amides is 2. The van der Waals surface area contributed by atoms with Crippen molar-refractivity contribution in [1.29, 1.82) is 0 Å². The summed E-state index contributed by atoms with van der Waals surface area (Å²) >= 11 is 1.58. The zero-order valence-electron chi connectivity index (χ0n) is 14.8. The van der Waals surface area contributed by atoms with Crippen LogP contribution in [0.4, 0.5) is 5.69 Å². The van der Waals surface area contributed by atoms with Gasteiger partial charge in [0.05, 0.1) is 5.88 Å². The Balaban J connectivity index is 1.51. The van der Waals surface area contributed by atoms with Crippen LogP contribution in [0.5, 0.6) is 0 Å². The van der Waals surface area contributed by atoms with E-state index in [4.69, 9.17) is 4.42 Å². The van der Waals surface area contributed by atoms with Gasteiger partial charge >= 0.3 is 0 Å². The van der Waals surface area contributed by atoms with Crippen molar-refractivity contribution in [2.75, 3.05) is 16.9 Å². The molecular weight excluding hydrogens is 362 g/mol. The fraction of sp³-hybridized carbons (Fsp3) is 0.250. The summed E-state index contributed by atoms with van der Waals surface area (Å²) in [6.07, 6.45) is 0.715. The van der Waals surface area contributed by atoms with E-state index < -0.39 is 6.04 Å². The summed E-state index contributed by atoms with van der Waals surface area (Å²) in [4.78, 5) is 31.5. The fourth-order valence-corrected chi connectivity index (χ4v) is 4.19. The van der Waals surface area contributed by atoms with Crippen LogP contribution in [0.2, 0.25) is 0 Å². The number of fused-ring (bicyclic) bond motifs is 1. The predicted molar refractivity (Wildman–Crippen MR) is 106 cm³/mol. The number of aryl methyl sites for hydroxylation is 1. The van der Waals surface area contributed by atoms with E-state index in [1.807, 2.05) is 25.1 Å². The first-order chi connectivity index (χ1) is 13.2. The van der Waals surface area contributed by atoms with Gasteiger partial charge < -0.3 is 14.6 Å². The number of thioether (sulfide) groups is 1. The Bertz CT molecular complexity index is 987. The molecule has 0 aliphatic carbocycles. The van der Waals surface area contributed by atoms with Crippen molar-refractivity contribution in [3.05, 3.63) is 60.0 Å². The fourth-order valence-electron chi connectivity index (χ4n) is 3.04. The summed E-state index contributed by atoms with van der Waals surface area (Å²) in [5, 5.41) is 2.91. The number of carbonyl (C=O) groups is 2. The van der Waals surface area contributed by atoms with Crippen LogP contribution in [-0.2, 0) is 11.2 Å². The molecule has 7 heteroatoms. The standard InChI is InChI=1S/C20H19N3O3S/c1-2-18-22-15-10-14(8-9-17(15)26-18)21-19(24)16-11-27-12-23(16)20(25)13-6-4-3-5-7-13/h3-10,16H,2,11-12H2,1H3,(H,21,24)/t16-/m0/s1. The summed E-state index contributed by atoms with van der Waals surface area (Å²) < 4.78 is 5.59. The number of carbonyl (C=O) groups excluding carboxylic acids is 2. The van der Waals surface area contributed by atoms with Gasteiger partial charge in [0.2, 0.25) is 5.91 Å². The maximum Gasteiger partial charge on any atom is 0.255 e. The maximum atomic E-state index is 12.8. The van der Waals surface area contributed by atoms with Gasteiger partial charge in [-0.25, -0.2) is 4.98 Å². The molecule has 1 aliphatic rings. The summed E-state index contributed by atoms with van der Waals surface area (Å²) in [7, 11) is 0.